The number of nitrogens with one attached hydrogen (secondary N) is 1. The number of hydrogen-bond donors (Lipinski definition) is 1. The van der Waals surface area contributed by atoms with Crippen molar-refractivity contribution in [3.05, 3.63) is 35.6 Å². The van der Waals surface area contributed by atoms with Crippen LogP contribution in [0.4, 0.5) is 9.18 Å². The Kier molecular flexibility index (Phi) is 6.99. The number of methoxy groups -OCH3 is 1. The van der Waals surface area contributed by atoms with Gasteiger partial charge in [0.15, 0.2) is 0 Å². The van der Waals surface area contributed by atoms with Crippen LogP contribution in [0.25, 0.3) is 0 Å². The molecule has 1 fully saturated rings. The van der Waals surface area contributed by atoms with Gasteiger partial charge in [-0.2, -0.15) is 0 Å². The van der Waals surface area contributed by atoms with E-state index in [1.165, 1.54) is 12.1 Å². The molecule has 6 heteroatoms. The number of hydrogen-bond acceptors (Lipinski definition) is 3. The van der Waals surface area contributed by atoms with Crippen LogP contribution in [0.2, 0.25) is 0 Å². The zero-order valence-electron chi connectivity index (χ0n) is 14.6. The average Bonchev–Trinajstić information content (AvgIpc) is 2.56. The van der Waals surface area contributed by atoms with E-state index in [9.17, 15) is 9.18 Å². The van der Waals surface area contributed by atoms with Gasteiger partial charge in [0.25, 0.3) is 0 Å². The molecule has 1 N–H and O–H groups in total. The number of urea groups is 1. The summed E-state index contributed by atoms with van der Waals surface area (Å²) in [6, 6.07) is 6.34. The number of nitrogens with zero attached hydrogens (tertiary/aromatic N) is 1. The number of benzene rings is 1. The Morgan fingerprint density at radius 3 is 2.75 bits per heavy atom. The molecule has 134 valence electrons. The molecule has 0 unspecified atom stereocenters. The Morgan fingerprint density at radius 2 is 2.12 bits per heavy atom. The van der Waals surface area contributed by atoms with Gasteiger partial charge in [0.2, 0.25) is 0 Å². The molecule has 0 saturated carbocycles. The van der Waals surface area contributed by atoms with Gasteiger partial charge in [-0.05, 0) is 30.0 Å². The third-order valence-electron chi connectivity index (χ3n) is 4.26. The summed E-state index contributed by atoms with van der Waals surface area (Å²) in [7, 11) is 1.62. The highest BCUT2D eigenvalue weighted by molar-refractivity contribution is 5.74. The highest BCUT2D eigenvalue weighted by Gasteiger charge is 2.26. The van der Waals surface area contributed by atoms with Gasteiger partial charge in [-0.1, -0.05) is 26.0 Å². The van der Waals surface area contributed by atoms with Crippen molar-refractivity contribution in [3.8, 4) is 0 Å². The fraction of sp³-hybridized carbons (Fsp3) is 0.611. The van der Waals surface area contributed by atoms with Crippen LogP contribution in [-0.4, -0.2) is 56.5 Å². The van der Waals surface area contributed by atoms with Gasteiger partial charge in [0.1, 0.15) is 5.82 Å². The van der Waals surface area contributed by atoms with Crippen LogP contribution in [0.1, 0.15) is 19.4 Å². The van der Waals surface area contributed by atoms with Gasteiger partial charge in [0.05, 0.1) is 25.9 Å². The summed E-state index contributed by atoms with van der Waals surface area (Å²) >= 11 is 0. The minimum Gasteiger partial charge on any atom is -0.382 e. The lowest BCUT2D eigenvalue weighted by Gasteiger charge is -2.34. The van der Waals surface area contributed by atoms with E-state index in [4.69, 9.17) is 9.47 Å². The van der Waals surface area contributed by atoms with Crippen molar-refractivity contribution in [1.29, 1.82) is 0 Å². The number of carbonyl (C=O) groups is 1. The maximum absolute atomic E-state index is 13.0. The minimum absolute atomic E-state index is 0.00770. The predicted molar refractivity (Wildman–Crippen MR) is 90.5 cm³/mol. The van der Waals surface area contributed by atoms with E-state index < -0.39 is 0 Å². The molecule has 1 aromatic carbocycles. The molecular weight excluding hydrogens is 311 g/mol. The second-order valence-electron chi connectivity index (χ2n) is 6.52. The Balaban J connectivity index is 1.94. The van der Waals surface area contributed by atoms with Gasteiger partial charge in [0, 0.05) is 19.7 Å². The quantitative estimate of drug-likeness (QED) is 0.867. The Hall–Kier alpha value is -1.66. The van der Waals surface area contributed by atoms with Crippen LogP contribution >= 0.6 is 0 Å². The summed E-state index contributed by atoms with van der Waals surface area (Å²) in [5.41, 5.74) is 1.01. The number of rotatable bonds is 6. The number of ether oxygens (including phenoxy) is 2. The second kappa shape index (κ2) is 8.99. The largest absolute Gasteiger partial charge is 0.382 e. The molecule has 0 bridgehead atoms. The van der Waals surface area contributed by atoms with Crippen LogP contribution in [0.15, 0.2) is 24.3 Å². The van der Waals surface area contributed by atoms with Crippen LogP contribution in [0.3, 0.4) is 0 Å². The Morgan fingerprint density at radius 1 is 1.42 bits per heavy atom. The number of halogens is 1. The fourth-order valence-electron chi connectivity index (χ4n) is 2.77. The lowest BCUT2D eigenvalue weighted by atomic mass is 9.96. The summed E-state index contributed by atoms with van der Waals surface area (Å²) in [5, 5.41) is 3.11. The molecule has 2 atom stereocenters. The van der Waals surface area contributed by atoms with Gasteiger partial charge >= 0.3 is 6.03 Å². The first-order valence-corrected chi connectivity index (χ1v) is 8.40. The number of morpholine rings is 1. The average molecular weight is 338 g/mol. The van der Waals surface area contributed by atoms with E-state index >= 15 is 0 Å². The topological polar surface area (TPSA) is 50.8 Å². The lowest BCUT2D eigenvalue weighted by Crippen LogP contribution is -2.53. The summed E-state index contributed by atoms with van der Waals surface area (Å²) in [6.07, 6.45) is 0.597. The molecule has 1 aliphatic rings. The van der Waals surface area contributed by atoms with Crippen molar-refractivity contribution in [2.45, 2.75) is 32.4 Å². The molecule has 1 heterocycles. The molecule has 24 heavy (non-hydrogen) atoms. The summed E-state index contributed by atoms with van der Waals surface area (Å²) < 4.78 is 23.7. The summed E-state index contributed by atoms with van der Waals surface area (Å²) in [4.78, 5) is 14.3. The Labute approximate surface area is 143 Å². The minimum atomic E-state index is -0.249. The number of carbonyl (C=O) groups excluding carboxylic acids is 1. The molecule has 1 aliphatic heterocycles. The second-order valence-corrected chi connectivity index (χ2v) is 6.52. The van der Waals surface area contributed by atoms with Crippen LogP contribution in [0.5, 0.6) is 0 Å². The lowest BCUT2D eigenvalue weighted by molar-refractivity contribution is -0.0497. The van der Waals surface area contributed by atoms with Crippen molar-refractivity contribution >= 4 is 6.03 Å². The van der Waals surface area contributed by atoms with Gasteiger partial charge in [-0.15, -0.1) is 0 Å². The SMILES string of the molecule is COC[C@@H]1CN(C(=O)N[C@H](Cc2ccc(F)cc2)C(C)C)CCO1. The van der Waals surface area contributed by atoms with E-state index in [-0.39, 0.29) is 29.9 Å². The highest BCUT2D eigenvalue weighted by atomic mass is 19.1. The molecule has 1 saturated heterocycles. The van der Waals surface area contributed by atoms with E-state index in [0.29, 0.717) is 32.7 Å². The maximum atomic E-state index is 13.0. The molecule has 0 aliphatic carbocycles. The number of amides is 2. The normalized spacial score (nSPS) is 19.4. The highest BCUT2D eigenvalue weighted by Crippen LogP contribution is 2.13. The molecule has 5 nitrogen and oxygen atoms in total. The van der Waals surface area contributed by atoms with Gasteiger partial charge in [-0.25, -0.2) is 9.18 Å². The third-order valence-corrected chi connectivity index (χ3v) is 4.26. The predicted octanol–water partition coefficient (Wildman–Crippen LogP) is 2.45. The van der Waals surface area contributed by atoms with Crippen LogP contribution < -0.4 is 5.32 Å². The Bertz CT molecular complexity index is 520. The van der Waals surface area contributed by atoms with Gasteiger partial charge < -0.3 is 19.7 Å². The molecule has 0 radical (unpaired) electrons. The fourth-order valence-corrected chi connectivity index (χ4v) is 2.77. The zero-order valence-corrected chi connectivity index (χ0v) is 14.6. The van der Waals surface area contributed by atoms with E-state index in [1.807, 2.05) is 0 Å². The van der Waals surface area contributed by atoms with Crippen molar-refractivity contribution < 1.29 is 18.7 Å². The van der Waals surface area contributed by atoms with Crippen molar-refractivity contribution in [2.24, 2.45) is 5.92 Å². The summed E-state index contributed by atoms with van der Waals surface area (Å²) in [6.45, 7) is 6.25. The first-order chi connectivity index (χ1) is 11.5. The van der Waals surface area contributed by atoms with E-state index in [1.54, 1.807) is 24.1 Å². The van der Waals surface area contributed by atoms with Crippen molar-refractivity contribution in [2.75, 3.05) is 33.4 Å². The van der Waals surface area contributed by atoms with Crippen molar-refractivity contribution in [3.63, 3.8) is 0 Å². The van der Waals surface area contributed by atoms with E-state index in [0.717, 1.165) is 5.56 Å². The molecule has 2 rings (SSSR count). The summed E-state index contributed by atoms with van der Waals surface area (Å²) in [5.74, 6) is 0.0243. The van der Waals surface area contributed by atoms with Crippen LogP contribution in [-0.2, 0) is 15.9 Å². The van der Waals surface area contributed by atoms with Crippen LogP contribution in [0, 0.1) is 11.7 Å². The smallest absolute Gasteiger partial charge is 0.317 e. The molecule has 2 amide bonds. The molecule has 1 aromatic rings. The monoisotopic (exact) mass is 338 g/mol. The van der Waals surface area contributed by atoms with Gasteiger partial charge in [-0.3, -0.25) is 0 Å². The molecular formula is C18H27FN2O3. The zero-order chi connectivity index (χ0) is 17.5. The first kappa shape index (κ1) is 18.7. The molecule has 0 aromatic heterocycles. The standard InChI is InChI=1S/C18H27FN2O3/c1-13(2)17(10-14-4-6-15(19)7-5-14)20-18(22)21-8-9-24-16(11-21)12-23-3/h4-7,13,16-17H,8-12H2,1-3H3,(H,20,22)/t16-,17+/m0/s1. The third kappa shape index (κ3) is 5.46. The first-order valence-electron chi connectivity index (χ1n) is 8.40. The van der Waals surface area contributed by atoms with Crippen molar-refractivity contribution in [1.82, 2.24) is 10.2 Å². The van der Waals surface area contributed by atoms with E-state index in [2.05, 4.69) is 19.2 Å². The maximum Gasteiger partial charge on any atom is 0.317 e. The molecule has 0 spiro atoms.